The van der Waals surface area contributed by atoms with E-state index in [1.54, 1.807) is 10.9 Å². The number of carbonyl (C=O) groups excluding carboxylic acids is 1. The summed E-state index contributed by atoms with van der Waals surface area (Å²) >= 11 is 0. The number of benzene rings is 2. The number of pyridine rings is 1. The normalized spacial score (nSPS) is 11.3. The number of aryl methyl sites for hydroxylation is 3. The molecule has 0 atom stereocenters. The van der Waals surface area contributed by atoms with E-state index in [1.807, 2.05) is 38.2 Å². The minimum Gasteiger partial charge on any atom is -0.326 e. The van der Waals surface area contributed by atoms with Crippen molar-refractivity contribution in [2.24, 2.45) is 0 Å². The minimum atomic E-state index is -0.208. The Bertz CT molecular complexity index is 1430. The van der Waals surface area contributed by atoms with Crippen LogP contribution in [-0.2, 0) is 13.1 Å². The Morgan fingerprint density at radius 3 is 2.17 bits per heavy atom. The van der Waals surface area contributed by atoms with Gasteiger partial charge in [-0.2, -0.15) is 5.10 Å². The summed E-state index contributed by atoms with van der Waals surface area (Å²) < 4.78 is 3.94. The van der Waals surface area contributed by atoms with Gasteiger partial charge in [-0.15, -0.1) is 0 Å². The average molecular weight is 465 g/mol. The largest absolute Gasteiger partial charge is 0.326 e. The first-order valence-corrected chi connectivity index (χ1v) is 11.9. The number of hydrogen-bond donors (Lipinski definition) is 1. The van der Waals surface area contributed by atoms with Gasteiger partial charge in [0, 0.05) is 19.3 Å². The van der Waals surface area contributed by atoms with E-state index in [0.717, 1.165) is 29.0 Å². The first-order chi connectivity index (χ1) is 17.1. The zero-order valence-electron chi connectivity index (χ0n) is 20.1. The fourth-order valence-corrected chi connectivity index (χ4v) is 4.52. The van der Waals surface area contributed by atoms with Gasteiger partial charge in [0.1, 0.15) is 5.82 Å². The predicted molar refractivity (Wildman–Crippen MR) is 138 cm³/mol. The maximum atomic E-state index is 13.1. The lowest BCUT2D eigenvalue weighted by molar-refractivity contribution is 0.102. The van der Waals surface area contributed by atoms with Gasteiger partial charge in [0.2, 0.25) is 0 Å². The van der Waals surface area contributed by atoms with Crippen LogP contribution in [0.1, 0.15) is 52.8 Å². The molecule has 3 aromatic heterocycles. The molecule has 0 aliphatic carbocycles. The molecule has 0 bridgehead atoms. The lowest BCUT2D eigenvalue weighted by atomic mass is 9.90. The van der Waals surface area contributed by atoms with Gasteiger partial charge >= 0.3 is 0 Å². The van der Waals surface area contributed by atoms with Crippen molar-refractivity contribution in [1.82, 2.24) is 24.3 Å². The lowest BCUT2D eigenvalue weighted by Gasteiger charge is -2.19. The topological polar surface area (TPSA) is 77.6 Å². The molecule has 0 radical (unpaired) electrons. The summed E-state index contributed by atoms with van der Waals surface area (Å²) in [5.41, 5.74) is 5.64. The van der Waals surface area contributed by atoms with E-state index >= 15 is 0 Å². The molecule has 0 fully saturated rings. The summed E-state index contributed by atoms with van der Waals surface area (Å²) in [7, 11) is 0. The lowest BCUT2D eigenvalue weighted by Crippen LogP contribution is -2.14. The summed E-state index contributed by atoms with van der Waals surface area (Å²) in [5, 5.41) is 7.18. The van der Waals surface area contributed by atoms with Crippen LogP contribution in [0, 0.1) is 6.92 Å². The van der Waals surface area contributed by atoms with Crippen LogP contribution < -0.4 is 5.32 Å². The molecule has 5 rings (SSSR count). The van der Waals surface area contributed by atoms with E-state index in [2.05, 4.69) is 70.4 Å². The van der Waals surface area contributed by atoms with E-state index in [-0.39, 0.29) is 11.8 Å². The van der Waals surface area contributed by atoms with Crippen molar-refractivity contribution in [1.29, 1.82) is 0 Å². The number of carbonyl (C=O) groups is 1. The number of rotatable bonds is 7. The Labute approximate surface area is 204 Å². The zero-order chi connectivity index (χ0) is 24.4. The van der Waals surface area contributed by atoms with Crippen molar-refractivity contribution in [3.63, 3.8) is 0 Å². The van der Waals surface area contributed by atoms with Gasteiger partial charge in [0.05, 0.1) is 34.6 Å². The van der Waals surface area contributed by atoms with Gasteiger partial charge in [0.15, 0.2) is 5.65 Å². The van der Waals surface area contributed by atoms with Crippen LogP contribution >= 0.6 is 0 Å². The zero-order valence-corrected chi connectivity index (χ0v) is 20.1. The Balaban J connectivity index is 1.61. The second-order valence-electron chi connectivity index (χ2n) is 8.47. The molecule has 176 valence electrons. The number of anilines is 1. The standard InChI is InChI=1S/C28H28N6O/c1-4-33-18-22(17-29-33)31-28(35)23-16-24-26(30-19(23)3)32-27(34(24)5-2)25(20-12-8-6-9-13-20)21-14-10-7-11-15-21/h6-18,25H,4-5H2,1-3H3,(H,31,35). The highest BCUT2D eigenvalue weighted by Crippen LogP contribution is 2.33. The SMILES string of the molecule is CCn1cc(NC(=O)c2cc3c(nc2C)nc(C(c2ccccc2)c2ccccc2)n3CC)cn1. The molecule has 7 heteroatoms. The van der Waals surface area contributed by atoms with Crippen molar-refractivity contribution in [2.75, 3.05) is 5.32 Å². The van der Waals surface area contributed by atoms with E-state index < -0.39 is 0 Å². The smallest absolute Gasteiger partial charge is 0.257 e. The summed E-state index contributed by atoms with van der Waals surface area (Å²) in [6, 6.07) is 22.7. The molecule has 0 saturated heterocycles. The van der Waals surface area contributed by atoms with Crippen molar-refractivity contribution in [3.8, 4) is 0 Å². The Kier molecular flexibility index (Phi) is 6.14. The van der Waals surface area contributed by atoms with Gasteiger partial charge in [-0.1, -0.05) is 60.7 Å². The van der Waals surface area contributed by atoms with E-state index in [0.29, 0.717) is 29.1 Å². The Morgan fingerprint density at radius 1 is 0.943 bits per heavy atom. The number of imidazole rings is 1. The molecule has 1 N–H and O–H groups in total. The second kappa shape index (κ2) is 9.54. The second-order valence-corrected chi connectivity index (χ2v) is 8.47. The van der Waals surface area contributed by atoms with E-state index in [9.17, 15) is 4.79 Å². The average Bonchev–Trinajstić information content (AvgIpc) is 3.48. The summed E-state index contributed by atoms with van der Waals surface area (Å²) in [4.78, 5) is 22.9. The summed E-state index contributed by atoms with van der Waals surface area (Å²) in [6.45, 7) is 7.39. The minimum absolute atomic E-state index is 0.0518. The fourth-order valence-electron chi connectivity index (χ4n) is 4.52. The maximum absolute atomic E-state index is 13.1. The quantitative estimate of drug-likeness (QED) is 0.349. The summed E-state index contributed by atoms with van der Waals surface area (Å²) in [6.07, 6.45) is 3.47. The third-order valence-corrected chi connectivity index (χ3v) is 6.26. The van der Waals surface area contributed by atoms with Crippen molar-refractivity contribution in [3.05, 3.63) is 107 Å². The third kappa shape index (κ3) is 4.33. The highest BCUT2D eigenvalue weighted by Gasteiger charge is 2.25. The first-order valence-electron chi connectivity index (χ1n) is 11.9. The van der Waals surface area contributed by atoms with Gasteiger partial charge in [-0.3, -0.25) is 9.48 Å². The molecule has 0 spiro atoms. The van der Waals surface area contributed by atoms with Gasteiger partial charge in [-0.25, -0.2) is 9.97 Å². The molecule has 2 aromatic carbocycles. The molecule has 1 amide bonds. The number of amides is 1. The molecule has 0 aliphatic rings. The first kappa shape index (κ1) is 22.5. The number of nitrogens with one attached hydrogen (secondary N) is 1. The molecule has 3 heterocycles. The number of fused-ring (bicyclic) bond motifs is 1. The maximum Gasteiger partial charge on any atom is 0.257 e. The molecule has 0 unspecified atom stereocenters. The molecule has 7 nitrogen and oxygen atoms in total. The Morgan fingerprint density at radius 2 is 1.60 bits per heavy atom. The predicted octanol–water partition coefficient (Wildman–Crippen LogP) is 5.41. The van der Waals surface area contributed by atoms with Gasteiger partial charge in [0.25, 0.3) is 5.91 Å². The van der Waals surface area contributed by atoms with Crippen LogP contribution in [0.15, 0.2) is 79.1 Å². The number of hydrogen-bond acceptors (Lipinski definition) is 4. The van der Waals surface area contributed by atoms with Gasteiger partial charge < -0.3 is 9.88 Å². The molecular formula is C28H28N6O. The third-order valence-electron chi connectivity index (χ3n) is 6.26. The van der Waals surface area contributed by atoms with E-state index in [4.69, 9.17) is 9.97 Å². The molecular weight excluding hydrogens is 436 g/mol. The van der Waals surface area contributed by atoms with Crippen molar-refractivity contribution >= 4 is 22.8 Å². The van der Waals surface area contributed by atoms with Crippen molar-refractivity contribution in [2.45, 2.75) is 39.8 Å². The highest BCUT2D eigenvalue weighted by atomic mass is 16.1. The Hall–Kier alpha value is -4.26. The van der Waals surface area contributed by atoms with Crippen LogP contribution in [0.4, 0.5) is 5.69 Å². The summed E-state index contributed by atoms with van der Waals surface area (Å²) in [5.74, 6) is 0.651. The van der Waals surface area contributed by atoms with Crippen molar-refractivity contribution < 1.29 is 4.79 Å². The molecule has 35 heavy (non-hydrogen) atoms. The number of aromatic nitrogens is 5. The van der Waals surface area contributed by atoms with Gasteiger partial charge in [-0.05, 0) is 38.0 Å². The monoisotopic (exact) mass is 464 g/mol. The van der Waals surface area contributed by atoms with Crippen LogP contribution in [-0.4, -0.2) is 30.2 Å². The number of nitrogens with zero attached hydrogens (tertiary/aromatic N) is 5. The molecule has 0 aliphatic heterocycles. The highest BCUT2D eigenvalue weighted by molar-refractivity contribution is 6.06. The van der Waals surface area contributed by atoms with Crippen LogP contribution in [0.3, 0.4) is 0 Å². The molecule has 5 aromatic rings. The van der Waals surface area contributed by atoms with Crippen LogP contribution in [0.25, 0.3) is 11.2 Å². The molecule has 0 saturated carbocycles. The van der Waals surface area contributed by atoms with E-state index in [1.165, 1.54) is 0 Å². The van der Waals surface area contributed by atoms with Crippen LogP contribution in [0.5, 0.6) is 0 Å². The fraction of sp³-hybridized carbons (Fsp3) is 0.214. The van der Waals surface area contributed by atoms with Crippen LogP contribution in [0.2, 0.25) is 0 Å².